The van der Waals surface area contributed by atoms with Crippen LogP contribution in [-0.4, -0.2) is 71.9 Å². The van der Waals surface area contributed by atoms with Crippen LogP contribution in [0.1, 0.15) is 18.4 Å². The van der Waals surface area contributed by atoms with E-state index in [1.165, 1.54) is 9.54 Å². The fraction of sp³-hybridized carbons (Fsp3) is 0.385. The smallest absolute Gasteiger partial charge is 0.241 e. The van der Waals surface area contributed by atoms with E-state index in [9.17, 15) is 8.42 Å². The van der Waals surface area contributed by atoms with E-state index in [2.05, 4.69) is 31.9 Å². The van der Waals surface area contributed by atoms with Crippen LogP contribution in [0.3, 0.4) is 0 Å². The highest BCUT2D eigenvalue weighted by molar-refractivity contribution is 7.90. The number of likely N-dealkylation sites (tertiary alicyclic amines) is 1. The van der Waals surface area contributed by atoms with Crippen molar-refractivity contribution in [3.63, 3.8) is 0 Å². The first kappa shape index (κ1) is 23.7. The maximum atomic E-state index is 13.7. The Morgan fingerprint density at radius 2 is 1.67 bits per heavy atom. The van der Waals surface area contributed by atoms with Gasteiger partial charge in [-0.1, -0.05) is 30.3 Å². The fourth-order valence-corrected chi connectivity index (χ4v) is 7.30. The number of benzene rings is 2. The summed E-state index contributed by atoms with van der Waals surface area (Å²) in [6.45, 7) is 5.06. The number of hydrogen-bond donors (Lipinski definition) is 0. The molecule has 0 bridgehead atoms. The molecule has 8 nitrogen and oxygen atoms in total. The Hall–Kier alpha value is -2.72. The van der Waals surface area contributed by atoms with Gasteiger partial charge in [-0.15, -0.1) is 0 Å². The van der Waals surface area contributed by atoms with Crippen LogP contribution in [-0.2, 0) is 21.3 Å². The topological polar surface area (TPSA) is 80.6 Å². The molecule has 0 amide bonds. The average Bonchev–Trinajstić information content (AvgIpc) is 3.35. The number of aromatic nitrogens is 3. The molecule has 2 aliphatic rings. The van der Waals surface area contributed by atoms with Crippen molar-refractivity contribution in [2.24, 2.45) is 0 Å². The lowest BCUT2D eigenvalue weighted by atomic mass is 10.1. The fourth-order valence-electron chi connectivity index (χ4n) is 5.35. The minimum absolute atomic E-state index is 0.151. The van der Waals surface area contributed by atoms with Gasteiger partial charge in [-0.25, -0.2) is 17.4 Å². The van der Waals surface area contributed by atoms with E-state index >= 15 is 0 Å². The summed E-state index contributed by atoms with van der Waals surface area (Å²) in [7, 11) is -3.56. The van der Waals surface area contributed by atoms with Crippen LogP contribution in [0.2, 0.25) is 5.28 Å². The summed E-state index contributed by atoms with van der Waals surface area (Å²) in [5, 5.41) is 1.35. The summed E-state index contributed by atoms with van der Waals surface area (Å²) in [6, 6.07) is 15.9. The third kappa shape index (κ3) is 4.34. The molecular formula is C26H28ClN5O3S. The van der Waals surface area contributed by atoms with Gasteiger partial charge in [0.15, 0.2) is 0 Å². The highest BCUT2D eigenvalue weighted by Gasteiger charge is 2.32. The summed E-state index contributed by atoms with van der Waals surface area (Å²) in [5.41, 5.74) is 2.54. The number of hydrogen-bond acceptors (Lipinski definition) is 7. The monoisotopic (exact) mass is 525 g/mol. The SMILES string of the molecule is O=S(=O)(C1CCN(Cc2ccccc2)CC1)n1ccc2c3nc(Cl)nc(N4CCOCC4)c3ccc21. The lowest BCUT2D eigenvalue weighted by Gasteiger charge is -2.32. The molecule has 4 aromatic rings. The minimum Gasteiger partial charge on any atom is -0.378 e. The van der Waals surface area contributed by atoms with Crippen LogP contribution >= 0.6 is 11.6 Å². The van der Waals surface area contributed by atoms with Gasteiger partial charge in [0.1, 0.15) is 5.82 Å². The second-order valence-electron chi connectivity index (χ2n) is 9.43. The number of anilines is 1. The maximum Gasteiger partial charge on any atom is 0.241 e. The molecule has 6 rings (SSSR count). The Bertz CT molecular complexity index is 1490. The summed E-state index contributed by atoms with van der Waals surface area (Å²) >= 11 is 6.32. The molecule has 10 heteroatoms. The van der Waals surface area contributed by atoms with E-state index in [0.717, 1.165) is 49.3 Å². The van der Waals surface area contributed by atoms with Crippen LogP contribution in [0.25, 0.3) is 21.8 Å². The predicted octanol–water partition coefficient (Wildman–Crippen LogP) is 3.92. The summed E-state index contributed by atoms with van der Waals surface area (Å²) in [4.78, 5) is 13.5. The molecule has 2 aromatic heterocycles. The van der Waals surface area contributed by atoms with E-state index in [4.69, 9.17) is 16.3 Å². The molecule has 0 spiro atoms. The second kappa shape index (κ2) is 9.63. The van der Waals surface area contributed by atoms with E-state index in [0.29, 0.717) is 37.1 Å². The zero-order valence-electron chi connectivity index (χ0n) is 19.9. The molecule has 0 atom stereocenters. The van der Waals surface area contributed by atoms with E-state index < -0.39 is 15.3 Å². The molecule has 0 N–H and O–H groups in total. The lowest BCUT2D eigenvalue weighted by molar-refractivity contribution is 0.122. The molecule has 36 heavy (non-hydrogen) atoms. The largest absolute Gasteiger partial charge is 0.378 e. The quantitative estimate of drug-likeness (QED) is 0.365. The molecule has 0 unspecified atom stereocenters. The predicted molar refractivity (Wildman–Crippen MR) is 142 cm³/mol. The van der Waals surface area contributed by atoms with Crippen molar-refractivity contribution in [2.75, 3.05) is 44.3 Å². The van der Waals surface area contributed by atoms with Gasteiger partial charge in [-0.3, -0.25) is 4.90 Å². The third-order valence-corrected chi connectivity index (χ3v) is 9.59. The van der Waals surface area contributed by atoms with Crippen LogP contribution in [0.4, 0.5) is 5.82 Å². The van der Waals surface area contributed by atoms with Gasteiger partial charge in [-0.05, 0) is 61.3 Å². The molecule has 2 aliphatic heterocycles. The minimum atomic E-state index is -3.56. The Morgan fingerprint density at radius 3 is 2.42 bits per heavy atom. The average molecular weight is 526 g/mol. The highest BCUT2D eigenvalue weighted by atomic mass is 35.5. The van der Waals surface area contributed by atoms with Gasteiger partial charge >= 0.3 is 0 Å². The van der Waals surface area contributed by atoms with E-state index in [-0.39, 0.29) is 5.28 Å². The number of nitrogens with zero attached hydrogens (tertiary/aromatic N) is 5. The van der Waals surface area contributed by atoms with Crippen molar-refractivity contribution < 1.29 is 13.2 Å². The lowest BCUT2D eigenvalue weighted by Crippen LogP contribution is -2.40. The Kier molecular flexibility index (Phi) is 6.33. The zero-order valence-corrected chi connectivity index (χ0v) is 21.5. The van der Waals surface area contributed by atoms with Gasteiger partial charge in [0.2, 0.25) is 15.3 Å². The van der Waals surface area contributed by atoms with Gasteiger partial charge in [0.25, 0.3) is 0 Å². The molecule has 4 heterocycles. The van der Waals surface area contributed by atoms with Crippen molar-refractivity contribution in [1.29, 1.82) is 0 Å². The summed E-state index contributed by atoms with van der Waals surface area (Å²) < 4.78 is 34.3. The molecule has 2 fully saturated rings. The standard InChI is InChI=1S/C26H28ClN5O3S/c27-26-28-24-21-10-13-32(23(21)7-6-22(24)25(29-26)31-14-16-35-17-15-31)36(33,34)20-8-11-30(12-9-20)18-19-4-2-1-3-5-19/h1-7,10,13,20H,8-9,11-12,14-18H2. The molecule has 188 valence electrons. The molecule has 2 aromatic carbocycles. The van der Waals surface area contributed by atoms with E-state index in [1.807, 2.05) is 36.4 Å². The van der Waals surface area contributed by atoms with Gasteiger partial charge in [0, 0.05) is 36.6 Å². The maximum absolute atomic E-state index is 13.7. The molecule has 0 aliphatic carbocycles. The van der Waals surface area contributed by atoms with Gasteiger partial charge < -0.3 is 9.64 Å². The molecular weight excluding hydrogens is 498 g/mol. The highest BCUT2D eigenvalue weighted by Crippen LogP contribution is 2.33. The van der Waals surface area contributed by atoms with E-state index in [1.54, 1.807) is 6.20 Å². The first-order valence-corrected chi connectivity index (χ1v) is 14.2. The number of rotatable bonds is 5. The van der Waals surface area contributed by atoms with Crippen molar-refractivity contribution >= 4 is 49.2 Å². The number of piperidine rings is 1. The zero-order chi connectivity index (χ0) is 24.7. The Labute approximate surface area is 215 Å². The van der Waals surface area contributed by atoms with Crippen LogP contribution in [0.15, 0.2) is 54.7 Å². The van der Waals surface area contributed by atoms with Crippen molar-refractivity contribution in [2.45, 2.75) is 24.6 Å². The first-order chi connectivity index (χ1) is 17.5. The van der Waals surface area contributed by atoms with Crippen LogP contribution < -0.4 is 4.90 Å². The van der Waals surface area contributed by atoms with Crippen LogP contribution in [0, 0.1) is 0 Å². The van der Waals surface area contributed by atoms with Crippen LogP contribution in [0.5, 0.6) is 0 Å². The number of fused-ring (bicyclic) bond motifs is 3. The molecule has 0 radical (unpaired) electrons. The third-order valence-electron chi connectivity index (χ3n) is 7.24. The number of ether oxygens (including phenoxy) is 1. The first-order valence-electron chi connectivity index (χ1n) is 12.3. The Balaban J connectivity index is 1.29. The molecule has 2 saturated heterocycles. The number of halogens is 1. The van der Waals surface area contributed by atoms with Gasteiger partial charge in [-0.2, -0.15) is 4.98 Å². The Morgan fingerprint density at radius 1 is 0.917 bits per heavy atom. The van der Waals surface area contributed by atoms with Crippen molar-refractivity contribution in [3.05, 3.63) is 65.6 Å². The number of morpholine rings is 1. The van der Waals surface area contributed by atoms with Crippen molar-refractivity contribution in [1.82, 2.24) is 18.8 Å². The van der Waals surface area contributed by atoms with Crippen molar-refractivity contribution in [3.8, 4) is 0 Å². The second-order valence-corrected chi connectivity index (χ2v) is 11.9. The normalized spacial score (nSPS) is 18.3. The summed E-state index contributed by atoms with van der Waals surface area (Å²) in [6.07, 6.45) is 2.87. The van der Waals surface area contributed by atoms with Gasteiger partial charge in [0.05, 0.1) is 29.5 Å². The molecule has 0 saturated carbocycles. The summed E-state index contributed by atoms with van der Waals surface area (Å²) in [5.74, 6) is 0.761.